The van der Waals surface area contributed by atoms with E-state index in [1.165, 1.54) is 6.42 Å². The van der Waals surface area contributed by atoms with Crippen molar-refractivity contribution >= 4 is 17.5 Å². The lowest BCUT2D eigenvalue weighted by atomic mass is 10.1. The van der Waals surface area contributed by atoms with Crippen molar-refractivity contribution in [1.82, 2.24) is 10.2 Å². The minimum atomic E-state index is -0.713. The Morgan fingerprint density at radius 1 is 1.33 bits per heavy atom. The van der Waals surface area contributed by atoms with Crippen LogP contribution in [0, 0.1) is 0 Å². The van der Waals surface area contributed by atoms with E-state index in [-0.39, 0.29) is 11.9 Å². The number of piperidine rings is 1. The predicted octanol–water partition coefficient (Wildman–Crippen LogP) is 2.36. The lowest BCUT2D eigenvalue weighted by molar-refractivity contribution is -0.134. The molecule has 1 aliphatic rings. The number of amides is 1. The van der Waals surface area contributed by atoms with Crippen LogP contribution >= 0.6 is 11.6 Å². The Labute approximate surface area is 131 Å². The molecule has 0 bridgehead atoms. The van der Waals surface area contributed by atoms with Crippen molar-refractivity contribution in [3.8, 4) is 0 Å². The molecule has 2 rings (SSSR count). The van der Waals surface area contributed by atoms with Crippen molar-refractivity contribution in [1.29, 1.82) is 0 Å². The minimum Gasteiger partial charge on any atom is -0.387 e. The van der Waals surface area contributed by atoms with E-state index in [4.69, 9.17) is 11.6 Å². The molecule has 0 aliphatic carbocycles. The number of carbonyl (C=O) groups is 1. The van der Waals surface area contributed by atoms with Gasteiger partial charge in [-0.15, -0.1) is 0 Å². The number of nitrogens with zero attached hydrogens (tertiary/aromatic N) is 1. The van der Waals surface area contributed by atoms with Gasteiger partial charge < -0.3 is 15.3 Å². The molecule has 1 amide bonds. The molecule has 116 valence electrons. The largest absolute Gasteiger partial charge is 0.387 e. The molecular formula is C16H23ClN2O2. The predicted molar refractivity (Wildman–Crippen MR) is 84.3 cm³/mol. The zero-order chi connectivity index (χ0) is 15.2. The quantitative estimate of drug-likeness (QED) is 0.878. The molecule has 0 aromatic heterocycles. The zero-order valence-electron chi connectivity index (χ0n) is 12.4. The molecule has 1 aliphatic heterocycles. The molecule has 1 fully saturated rings. The van der Waals surface area contributed by atoms with E-state index in [2.05, 4.69) is 5.32 Å². The van der Waals surface area contributed by atoms with E-state index < -0.39 is 6.10 Å². The van der Waals surface area contributed by atoms with Crippen LogP contribution in [-0.4, -0.2) is 41.6 Å². The molecular weight excluding hydrogens is 288 g/mol. The molecule has 5 heteroatoms. The summed E-state index contributed by atoms with van der Waals surface area (Å²) in [6.07, 6.45) is 2.66. The monoisotopic (exact) mass is 310 g/mol. The number of halogens is 1. The first-order valence-corrected chi connectivity index (χ1v) is 7.92. The van der Waals surface area contributed by atoms with Crippen LogP contribution in [0.25, 0.3) is 0 Å². The van der Waals surface area contributed by atoms with Gasteiger partial charge in [-0.3, -0.25) is 4.79 Å². The summed E-state index contributed by atoms with van der Waals surface area (Å²) in [5.41, 5.74) is 0.685. The Kier molecular flexibility index (Phi) is 6.03. The third kappa shape index (κ3) is 4.43. The number of benzene rings is 1. The van der Waals surface area contributed by atoms with Gasteiger partial charge in [-0.2, -0.15) is 0 Å². The lowest BCUT2D eigenvalue weighted by Gasteiger charge is -2.29. The number of rotatable bonds is 5. The minimum absolute atomic E-state index is 0.112. The van der Waals surface area contributed by atoms with Gasteiger partial charge >= 0.3 is 0 Å². The van der Waals surface area contributed by atoms with Gasteiger partial charge in [0, 0.05) is 30.2 Å². The zero-order valence-corrected chi connectivity index (χ0v) is 13.1. The fourth-order valence-electron chi connectivity index (χ4n) is 2.62. The molecule has 1 saturated heterocycles. The van der Waals surface area contributed by atoms with Crippen LogP contribution in [0.15, 0.2) is 24.3 Å². The summed E-state index contributed by atoms with van der Waals surface area (Å²) in [6, 6.07) is 6.93. The summed E-state index contributed by atoms with van der Waals surface area (Å²) in [6.45, 7) is 3.84. The van der Waals surface area contributed by atoms with Crippen molar-refractivity contribution in [2.45, 2.75) is 38.3 Å². The molecule has 0 saturated carbocycles. The second-order valence-corrected chi connectivity index (χ2v) is 5.96. The Hall–Kier alpha value is -1.10. The topological polar surface area (TPSA) is 52.6 Å². The average Bonchev–Trinajstić information content (AvgIpc) is 2.52. The molecule has 2 unspecified atom stereocenters. The Morgan fingerprint density at radius 2 is 2.00 bits per heavy atom. The van der Waals surface area contributed by atoms with Crippen molar-refractivity contribution in [2.24, 2.45) is 0 Å². The SMILES string of the molecule is CC(NCC(O)c1ccccc1Cl)C(=O)N1CCCCC1. The van der Waals surface area contributed by atoms with Crippen molar-refractivity contribution in [3.05, 3.63) is 34.9 Å². The van der Waals surface area contributed by atoms with E-state index in [0.29, 0.717) is 17.1 Å². The average molecular weight is 311 g/mol. The van der Waals surface area contributed by atoms with E-state index >= 15 is 0 Å². The first-order valence-electron chi connectivity index (χ1n) is 7.54. The van der Waals surface area contributed by atoms with Gasteiger partial charge in [-0.05, 0) is 32.3 Å². The van der Waals surface area contributed by atoms with Crippen LogP contribution in [0.2, 0.25) is 5.02 Å². The first kappa shape index (κ1) is 16.3. The van der Waals surface area contributed by atoms with Gasteiger partial charge in [0.05, 0.1) is 12.1 Å². The van der Waals surface area contributed by atoms with Gasteiger partial charge in [0.25, 0.3) is 0 Å². The molecule has 21 heavy (non-hydrogen) atoms. The van der Waals surface area contributed by atoms with Crippen LogP contribution in [0.3, 0.4) is 0 Å². The second-order valence-electron chi connectivity index (χ2n) is 5.55. The summed E-state index contributed by atoms with van der Waals surface area (Å²) < 4.78 is 0. The summed E-state index contributed by atoms with van der Waals surface area (Å²) >= 11 is 6.06. The molecule has 2 atom stereocenters. The molecule has 0 spiro atoms. The summed E-state index contributed by atoms with van der Waals surface area (Å²) in [7, 11) is 0. The maximum atomic E-state index is 12.3. The van der Waals surface area contributed by atoms with Gasteiger partial charge in [-0.1, -0.05) is 29.8 Å². The normalized spacial score (nSPS) is 18.3. The first-order chi connectivity index (χ1) is 10.1. The number of aliphatic hydroxyl groups excluding tert-OH is 1. The molecule has 1 heterocycles. The van der Waals surface area contributed by atoms with Crippen LogP contribution in [0.1, 0.15) is 37.9 Å². The van der Waals surface area contributed by atoms with Crippen LogP contribution in [-0.2, 0) is 4.79 Å². The highest BCUT2D eigenvalue weighted by Crippen LogP contribution is 2.22. The maximum absolute atomic E-state index is 12.3. The highest BCUT2D eigenvalue weighted by molar-refractivity contribution is 6.31. The van der Waals surface area contributed by atoms with Crippen molar-refractivity contribution < 1.29 is 9.90 Å². The van der Waals surface area contributed by atoms with Crippen molar-refractivity contribution in [2.75, 3.05) is 19.6 Å². The van der Waals surface area contributed by atoms with Gasteiger partial charge in [0.2, 0.25) is 5.91 Å². The Balaban J connectivity index is 1.84. The fourth-order valence-corrected chi connectivity index (χ4v) is 2.88. The third-order valence-electron chi connectivity index (χ3n) is 3.92. The van der Waals surface area contributed by atoms with Crippen LogP contribution in [0.5, 0.6) is 0 Å². The molecule has 1 aromatic carbocycles. The molecule has 0 radical (unpaired) electrons. The van der Waals surface area contributed by atoms with E-state index in [0.717, 1.165) is 25.9 Å². The summed E-state index contributed by atoms with van der Waals surface area (Å²) in [5.74, 6) is 0.112. The smallest absolute Gasteiger partial charge is 0.239 e. The maximum Gasteiger partial charge on any atom is 0.239 e. The number of likely N-dealkylation sites (tertiary alicyclic amines) is 1. The highest BCUT2D eigenvalue weighted by Gasteiger charge is 2.22. The van der Waals surface area contributed by atoms with E-state index in [1.807, 2.05) is 24.0 Å². The summed E-state index contributed by atoms with van der Waals surface area (Å²) in [5, 5.41) is 13.8. The van der Waals surface area contributed by atoms with Gasteiger partial charge in [0.1, 0.15) is 0 Å². The fraction of sp³-hybridized carbons (Fsp3) is 0.562. The van der Waals surface area contributed by atoms with Crippen molar-refractivity contribution in [3.63, 3.8) is 0 Å². The van der Waals surface area contributed by atoms with E-state index in [1.54, 1.807) is 12.1 Å². The molecule has 2 N–H and O–H groups in total. The lowest BCUT2D eigenvalue weighted by Crippen LogP contribution is -2.47. The van der Waals surface area contributed by atoms with Crippen LogP contribution in [0.4, 0.5) is 0 Å². The number of carbonyl (C=O) groups excluding carboxylic acids is 1. The van der Waals surface area contributed by atoms with Gasteiger partial charge in [0.15, 0.2) is 0 Å². The van der Waals surface area contributed by atoms with Gasteiger partial charge in [-0.25, -0.2) is 0 Å². The highest BCUT2D eigenvalue weighted by atomic mass is 35.5. The number of hydrogen-bond donors (Lipinski definition) is 2. The number of aliphatic hydroxyl groups is 1. The number of nitrogens with one attached hydrogen (secondary N) is 1. The molecule has 4 nitrogen and oxygen atoms in total. The summed E-state index contributed by atoms with van der Waals surface area (Å²) in [4.78, 5) is 14.2. The van der Waals surface area contributed by atoms with E-state index in [9.17, 15) is 9.90 Å². The second kappa shape index (κ2) is 7.78. The molecule has 1 aromatic rings. The van der Waals surface area contributed by atoms with Crippen LogP contribution < -0.4 is 5.32 Å². The Bertz CT molecular complexity index is 475. The Morgan fingerprint density at radius 3 is 2.67 bits per heavy atom. The third-order valence-corrected chi connectivity index (χ3v) is 4.26. The standard InChI is InChI=1S/C16H23ClN2O2/c1-12(16(21)19-9-5-2-6-10-19)18-11-15(20)13-7-3-4-8-14(13)17/h3-4,7-8,12,15,18,20H,2,5-6,9-11H2,1H3. The number of hydrogen-bond acceptors (Lipinski definition) is 3.